The molecular formula is C27H35FN2O7Si. The molecule has 0 N–H and O–H groups in total. The Kier molecular flexibility index (Phi) is 8.32. The van der Waals surface area contributed by atoms with E-state index in [1.54, 1.807) is 32.0 Å². The van der Waals surface area contributed by atoms with Crippen molar-refractivity contribution in [3.8, 4) is 11.1 Å². The Labute approximate surface area is 223 Å². The lowest BCUT2D eigenvalue weighted by Crippen LogP contribution is -2.56. The second-order valence-electron chi connectivity index (χ2n) is 10.9. The summed E-state index contributed by atoms with van der Waals surface area (Å²) in [5.74, 6) is -2.40. The van der Waals surface area contributed by atoms with Crippen molar-refractivity contribution in [1.29, 1.82) is 0 Å². The first-order valence-electron chi connectivity index (χ1n) is 12.6. The third-order valence-electron chi connectivity index (χ3n) is 7.64. The third kappa shape index (κ3) is 5.58. The largest absolute Gasteiger partial charge is 0.413 e. The number of anilines is 1. The molecule has 1 fully saturated rings. The first-order valence-corrected chi connectivity index (χ1v) is 15.5. The Balaban J connectivity index is 1.93. The topological polar surface area (TPSA) is 108 Å². The van der Waals surface area contributed by atoms with Gasteiger partial charge in [-0.15, -0.1) is 0 Å². The molecule has 0 aromatic heterocycles. The van der Waals surface area contributed by atoms with Crippen molar-refractivity contribution in [1.82, 2.24) is 0 Å². The number of esters is 2. The molecule has 1 saturated heterocycles. The van der Waals surface area contributed by atoms with Crippen LogP contribution in [-0.4, -0.2) is 31.7 Å². The van der Waals surface area contributed by atoms with Gasteiger partial charge < -0.3 is 13.9 Å². The predicted octanol–water partition coefficient (Wildman–Crippen LogP) is 6.20. The lowest BCUT2D eigenvalue weighted by atomic mass is 9.82. The fraction of sp³-hybridized carbons (Fsp3) is 0.481. The maximum absolute atomic E-state index is 15.0. The van der Waals surface area contributed by atoms with Gasteiger partial charge in [-0.25, -0.2) is 14.5 Å². The number of nitro groups is 1. The highest BCUT2D eigenvalue weighted by molar-refractivity contribution is 6.74. The van der Waals surface area contributed by atoms with Crippen molar-refractivity contribution in [2.45, 2.75) is 78.6 Å². The van der Waals surface area contributed by atoms with E-state index in [9.17, 15) is 24.1 Å². The molecule has 206 valence electrons. The van der Waals surface area contributed by atoms with Gasteiger partial charge in [0.1, 0.15) is 11.5 Å². The van der Waals surface area contributed by atoms with Gasteiger partial charge in [-0.2, -0.15) is 0 Å². The van der Waals surface area contributed by atoms with E-state index in [0.29, 0.717) is 17.2 Å². The van der Waals surface area contributed by atoms with Gasteiger partial charge in [-0.1, -0.05) is 52.8 Å². The molecule has 0 radical (unpaired) electrons. The highest BCUT2D eigenvalue weighted by Gasteiger charge is 2.54. The van der Waals surface area contributed by atoms with Crippen LogP contribution in [-0.2, 0) is 30.1 Å². The fourth-order valence-corrected chi connectivity index (χ4v) is 4.88. The molecule has 0 atom stereocenters. The van der Waals surface area contributed by atoms with E-state index < -0.39 is 42.9 Å². The first kappa shape index (κ1) is 29.2. The molecule has 1 aliphatic heterocycles. The normalized spacial score (nSPS) is 16.1. The van der Waals surface area contributed by atoms with Crippen molar-refractivity contribution in [2.24, 2.45) is 5.41 Å². The van der Waals surface area contributed by atoms with E-state index in [-0.39, 0.29) is 29.1 Å². The predicted molar refractivity (Wildman–Crippen MR) is 142 cm³/mol. The minimum atomic E-state index is -2.02. The van der Waals surface area contributed by atoms with Crippen LogP contribution in [0.25, 0.3) is 11.1 Å². The number of rotatable bonds is 9. The molecule has 1 aliphatic rings. The zero-order valence-electron chi connectivity index (χ0n) is 22.9. The molecule has 0 spiro atoms. The van der Waals surface area contributed by atoms with E-state index in [1.807, 2.05) is 6.07 Å². The molecule has 2 aromatic carbocycles. The fourth-order valence-electron chi connectivity index (χ4n) is 3.92. The van der Waals surface area contributed by atoms with E-state index in [2.05, 4.69) is 33.9 Å². The van der Waals surface area contributed by atoms with Crippen LogP contribution in [0.4, 0.5) is 10.1 Å². The Morgan fingerprint density at radius 1 is 1.08 bits per heavy atom. The molecule has 11 heteroatoms. The summed E-state index contributed by atoms with van der Waals surface area (Å²) in [6.45, 7) is 14.3. The molecule has 0 aliphatic carbocycles. The molecule has 38 heavy (non-hydrogen) atoms. The van der Waals surface area contributed by atoms with Gasteiger partial charge in [0.25, 0.3) is 0 Å². The van der Waals surface area contributed by atoms with E-state index >= 15 is 0 Å². The average molecular weight is 547 g/mol. The van der Waals surface area contributed by atoms with Crippen LogP contribution >= 0.6 is 0 Å². The summed E-state index contributed by atoms with van der Waals surface area (Å²) < 4.78 is 31.7. The van der Waals surface area contributed by atoms with Gasteiger partial charge in [0.15, 0.2) is 18.8 Å². The number of halogens is 1. The summed E-state index contributed by atoms with van der Waals surface area (Å²) in [6, 6.07) is 10.6. The van der Waals surface area contributed by atoms with Crippen LogP contribution in [0, 0.1) is 21.3 Å². The summed E-state index contributed by atoms with van der Waals surface area (Å²) in [5, 5.41) is 11.6. The highest BCUT2D eigenvalue weighted by atomic mass is 28.4. The minimum absolute atomic E-state index is 0.0248. The van der Waals surface area contributed by atoms with Crippen molar-refractivity contribution in [3.63, 3.8) is 0 Å². The van der Waals surface area contributed by atoms with Gasteiger partial charge in [-0.05, 0) is 71.4 Å². The Hall–Kier alpha value is -3.31. The van der Waals surface area contributed by atoms with Gasteiger partial charge >= 0.3 is 18.4 Å². The zero-order valence-corrected chi connectivity index (χ0v) is 23.9. The molecule has 0 amide bonds. The van der Waals surface area contributed by atoms with Gasteiger partial charge in [0.05, 0.1) is 6.61 Å². The summed E-state index contributed by atoms with van der Waals surface area (Å²) in [7, 11) is -2.02. The second kappa shape index (κ2) is 10.8. The smallest absolute Gasteiger partial charge is 0.388 e. The zero-order chi connectivity index (χ0) is 28.5. The molecule has 3 rings (SSSR count). The third-order valence-corrected chi connectivity index (χ3v) is 12.1. The summed E-state index contributed by atoms with van der Waals surface area (Å²) in [6.07, 6.45) is -1.68. The quantitative estimate of drug-likeness (QED) is 0.120. The highest BCUT2D eigenvalue weighted by Crippen LogP contribution is 2.38. The number of carbonyl (C=O) groups excluding carboxylic acids is 2. The molecule has 0 bridgehead atoms. The van der Waals surface area contributed by atoms with Crippen molar-refractivity contribution < 1.29 is 32.9 Å². The van der Waals surface area contributed by atoms with Crippen molar-refractivity contribution >= 4 is 25.9 Å². The van der Waals surface area contributed by atoms with Crippen LogP contribution in [0.3, 0.4) is 0 Å². The number of ether oxygens (including phenoxy) is 2. The summed E-state index contributed by atoms with van der Waals surface area (Å²) in [5.41, 5.74) is -0.236. The maximum atomic E-state index is 15.0. The van der Waals surface area contributed by atoms with Crippen molar-refractivity contribution in [3.05, 3.63) is 64.0 Å². The Morgan fingerprint density at radius 2 is 1.68 bits per heavy atom. The Morgan fingerprint density at radius 3 is 2.21 bits per heavy atom. The number of hydrogen-bond acceptors (Lipinski definition) is 7. The van der Waals surface area contributed by atoms with E-state index in [4.69, 9.17) is 13.9 Å². The number of carbonyl (C=O) groups is 2. The van der Waals surface area contributed by atoms with Crippen LogP contribution < -0.4 is 5.01 Å². The SMILES string of the molecule is CCC1(CC)C(=O)OC(N(c2ccc(F)c(-c3cccc(CO[Si](C)(C)C(C)(C)C)c3)c2)[N+](=O)[O-])OC1=O. The monoisotopic (exact) mass is 546 g/mol. The van der Waals surface area contributed by atoms with E-state index in [0.717, 1.165) is 17.7 Å². The van der Waals surface area contributed by atoms with Gasteiger partial charge in [0.2, 0.25) is 0 Å². The lowest BCUT2D eigenvalue weighted by molar-refractivity contribution is -0.520. The van der Waals surface area contributed by atoms with Crippen LogP contribution in [0.15, 0.2) is 42.5 Å². The second-order valence-corrected chi connectivity index (χ2v) is 15.7. The molecule has 0 unspecified atom stereocenters. The van der Waals surface area contributed by atoms with Crippen molar-refractivity contribution in [2.75, 3.05) is 5.01 Å². The number of cyclic esters (lactones) is 2. The van der Waals surface area contributed by atoms with Crippen LogP contribution in [0.2, 0.25) is 18.1 Å². The number of nitrogens with zero attached hydrogens (tertiary/aromatic N) is 2. The molecular weight excluding hydrogens is 511 g/mol. The minimum Gasteiger partial charge on any atom is -0.413 e. The standard InChI is InChI=1S/C27H35FN2O7Si/c1-8-27(9-2)23(31)36-25(37-24(27)32)29(30(33)34)20-13-14-22(28)21(16-20)19-12-10-11-18(15-19)17-35-38(6,7)26(3,4)5/h10-16,25H,8-9,17H2,1-7H3. The number of hydrogen-bond donors (Lipinski definition) is 0. The average Bonchev–Trinajstić information content (AvgIpc) is 2.84. The van der Waals surface area contributed by atoms with E-state index in [1.165, 1.54) is 6.07 Å². The lowest BCUT2D eigenvalue weighted by Gasteiger charge is -2.36. The first-order chi connectivity index (χ1) is 17.7. The van der Waals surface area contributed by atoms with Crippen LogP contribution in [0.1, 0.15) is 53.0 Å². The number of benzene rings is 2. The molecule has 1 heterocycles. The van der Waals surface area contributed by atoms with Gasteiger partial charge in [-0.3, -0.25) is 9.59 Å². The Bertz CT molecular complexity index is 1200. The van der Waals surface area contributed by atoms with Crippen LogP contribution in [0.5, 0.6) is 0 Å². The number of hydrazine groups is 1. The molecule has 9 nitrogen and oxygen atoms in total. The summed E-state index contributed by atoms with van der Waals surface area (Å²) in [4.78, 5) is 37.4. The maximum Gasteiger partial charge on any atom is 0.388 e. The van der Waals surface area contributed by atoms with Gasteiger partial charge in [0, 0.05) is 5.56 Å². The molecule has 2 aromatic rings. The molecule has 0 saturated carbocycles. The summed E-state index contributed by atoms with van der Waals surface area (Å²) >= 11 is 0.